The molecule has 2 rings (SSSR count). The maximum atomic E-state index is 9.12. The molecule has 1 fully saturated rings. The predicted octanol–water partition coefficient (Wildman–Crippen LogP) is 3.23. The van der Waals surface area contributed by atoms with Crippen LogP contribution in [0.25, 0.3) is 0 Å². The zero-order chi connectivity index (χ0) is 10.0. The van der Waals surface area contributed by atoms with Gasteiger partial charge in [0.15, 0.2) is 0 Å². The molecule has 1 heteroatoms. The molecule has 0 aliphatic heterocycles. The van der Waals surface area contributed by atoms with Crippen LogP contribution in [0.3, 0.4) is 0 Å². The van der Waals surface area contributed by atoms with Crippen molar-refractivity contribution in [2.75, 3.05) is 0 Å². The lowest BCUT2D eigenvalue weighted by Crippen LogP contribution is -2.29. The number of rotatable bonds is 2. The minimum absolute atomic E-state index is 0.0339. The van der Waals surface area contributed by atoms with E-state index in [0.717, 1.165) is 19.3 Å². The molecule has 0 N–H and O–H groups in total. The highest BCUT2D eigenvalue weighted by atomic mass is 14.4. The molecule has 0 spiro atoms. The van der Waals surface area contributed by atoms with Gasteiger partial charge in [-0.1, -0.05) is 36.2 Å². The lowest BCUT2D eigenvalue weighted by molar-refractivity contribution is 0.214. The van der Waals surface area contributed by atoms with Crippen molar-refractivity contribution in [2.45, 2.75) is 32.6 Å². The third-order valence-electron chi connectivity index (χ3n) is 3.17. The number of nitriles is 1. The molecule has 1 saturated carbocycles. The second-order valence-corrected chi connectivity index (χ2v) is 4.41. The van der Waals surface area contributed by atoms with Crippen molar-refractivity contribution in [3.05, 3.63) is 35.4 Å². The molecule has 1 aromatic carbocycles. The highest BCUT2D eigenvalue weighted by Crippen LogP contribution is 2.42. The second kappa shape index (κ2) is 3.46. The Balaban J connectivity index is 2.14. The van der Waals surface area contributed by atoms with E-state index in [0.29, 0.717) is 0 Å². The summed E-state index contributed by atoms with van der Waals surface area (Å²) in [6.07, 6.45) is 4.32. The summed E-state index contributed by atoms with van der Waals surface area (Å²) in [5.74, 6) is 0. The van der Waals surface area contributed by atoms with E-state index in [4.69, 9.17) is 5.26 Å². The van der Waals surface area contributed by atoms with Gasteiger partial charge in [-0.05, 0) is 31.7 Å². The standard InChI is InChI=1S/C13H15N/c1-11-4-2-5-12(8-11)9-13(10-14)6-3-7-13/h2,4-5,8H,3,6-7,9H2,1H3. The summed E-state index contributed by atoms with van der Waals surface area (Å²) < 4.78 is 0. The molecule has 1 aliphatic rings. The first kappa shape index (κ1) is 9.27. The monoisotopic (exact) mass is 185 g/mol. The van der Waals surface area contributed by atoms with Crippen LogP contribution in [0.2, 0.25) is 0 Å². The van der Waals surface area contributed by atoms with Crippen molar-refractivity contribution in [1.29, 1.82) is 5.26 Å². The van der Waals surface area contributed by atoms with Gasteiger partial charge in [0.25, 0.3) is 0 Å². The molecule has 0 amide bonds. The van der Waals surface area contributed by atoms with Gasteiger partial charge in [0, 0.05) is 0 Å². The molecule has 72 valence electrons. The Kier molecular flexibility index (Phi) is 2.29. The third-order valence-corrected chi connectivity index (χ3v) is 3.17. The second-order valence-electron chi connectivity index (χ2n) is 4.41. The lowest BCUT2D eigenvalue weighted by Gasteiger charge is -2.35. The molecule has 0 atom stereocenters. The van der Waals surface area contributed by atoms with Crippen LogP contribution in [0.4, 0.5) is 0 Å². The normalized spacial score (nSPS) is 18.3. The summed E-state index contributed by atoms with van der Waals surface area (Å²) in [5.41, 5.74) is 2.56. The van der Waals surface area contributed by atoms with E-state index in [1.165, 1.54) is 17.5 Å². The Morgan fingerprint density at radius 1 is 1.43 bits per heavy atom. The van der Waals surface area contributed by atoms with Gasteiger partial charge in [0.1, 0.15) is 0 Å². The summed E-state index contributed by atoms with van der Waals surface area (Å²) >= 11 is 0. The Labute approximate surface area is 85.4 Å². The van der Waals surface area contributed by atoms with E-state index in [-0.39, 0.29) is 5.41 Å². The van der Waals surface area contributed by atoms with Crippen LogP contribution < -0.4 is 0 Å². The summed E-state index contributed by atoms with van der Waals surface area (Å²) in [5, 5.41) is 9.12. The van der Waals surface area contributed by atoms with Crippen LogP contribution in [0.15, 0.2) is 24.3 Å². The Hall–Kier alpha value is -1.29. The third kappa shape index (κ3) is 1.65. The van der Waals surface area contributed by atoms with Crippen LogP contribution >= 0.6 is 0 Å². The van der Waals surface area contributed by atoms with Gasteiger partial charge in [0.2, 0.25) is 0 Å². The van der Waals surface area contributed by atoms with Gasteiger partial charge in [0.05, 0.1) is 11.5 Å². The quantitative estimate of drug-likeness (QED) is 0.694. The number of nitrogens with zero attached hydrogens (tertiary/aromatic N) is 1. The molecule has 0 aromatic heterocycles. The molecular weight excluding hydrogens is 170 g/mol. The summed E-state index contributed by atoms with van der Waals surface area (Å²) in [6.45, 7) is 2.10. The smallest absolute Gasteiger partial charge is 0.0693 e. The molecule has 1 aromatic rings. The largest absolute Gasteiger partial charge is 0.198 e. The molecule has 0 bridgehead atoms. The van der Waals surface area contributed by atoms with Crippen molar-refractivity contribution in [3.63, 3.8) is 0 Å². The number of benzene rings is 1. The molecule has 1 nitrogen and oxygen atoms in total. The number of hydrogen-bond acceptors (Lipinski definition) is 1. The number of aryl methyl sites for hydroxylation is 1. The van der Waals surface area contributed by atoms with Crippen molar-refractivity contribution >= 4 is 0 Å². The highest BCUT2D eigenvalue weighted by Gasteiger charge is 2.36. The summed E-state index contributed by atoms with van der Waals surface area (Å²) in [7, 11) is 0. The molecule has 1 aliphatic carbocycles. The van der Waals surface area contributed by atoms with Crippen LogP contribution in [-0.2, 0) is 6.42 Å². The predicted molar refractivity (Wildman–Crippen MR) is 56.8 cm³/mol. The van der Waals surface area contributed by atoms with Gasteiger partial charge in [-0.2, -0.15) is 5.26 Å². The molecule has 0 unspecified atom stereocenters. The average molecular weight is 185 g/mol. The van der Waals surface area contributed by atoms with Crippen LogP contribution in [0, 0.1) is 23.7 Å². The molecule has 0 heterocycles. The van der Waals surface area contributed by atoms with Gasteiger partial charge in [-0.3, -0.25) is 0 Å². The van der Waals surface area contributed by atoms with E-state index < -0.39 is 0 Å². The Morgan fingerprint density at radius 3 is 2.71 bits per heavy atom. The molecule has 0 radical (unpaired) electrons. The molecule has 0 saturated heterocycles. The summed E-state index contributed by atoms with van der Waals surface area (Å²) in [6, 6.07) is 11.0. The fourth-order valence-corrected chi connectivity index (χ4v) is 2.14. The van der Waals surface area contributed by atoms with Gasteiger partial charge >= 0.3 is 0 Å². The first-order valence-electron chi connectivity index (χ1n) is 5.21. The van der Waals surface area contributed by atoms with Crippen LogP contribution in [0.5, 0.6) is 0 Å². The highest BCUT2D eigenvalue weighted by molar-refractivity contribution is 5.25. The first-order chi connectivity index (χ1) is 6.74. The van der Waals surface area contributed by atoms with Crippen molar-refractivity contribution < 1.29 is 0 Å². The molecule has 14 heavy (non-hydrogen) atoms. The fraction of sp³-hybridized carbons (Fsp3) is 0.462. The number of hydrogen-bond donors (Lipinski definition) is 0. The van der Waals surface area contributed by atoms with E-state index in [1.54, 1.807) is 0 Å². The van der Waals surface area contributed by atoms with Crippen LogP contribution in [0.1, 0.15) is 30.4 Å². The van der Waals surface area contributed by atoms with Crippen molar-refractivity contribution in [3.8, 4) is 6.07 Å². The van der Waals surface area contributed by atoms with Crippen molar-refractivity contribution in [2.24, 2.45) is 5.41 Å². The minimum Gasteiger partial charge on any atom is -0.198 e. The summed E-state index contributed by atoms with van der Waals surface area (Å²) in [4.78, 5) is 0. The van der Waals surface area contributed by atoms with Gasteiger partial charge in [-0.25, -0.2) is 0 Å². The topological polar surface area (TPSA) is 23.8 Å². The minimum atomic E-state index is -0.0339. The van der Waals surface area contributed by atoms with E-state index in [9.17, 15) is 0 Å². The maximum Gasteiger partial charge on any atom is 0.0693 e. The van der Waals surface area contributed by atoms with E-state index in [2.05, 4.69) is 37.3 Å². The zero-order valence-electron chi connectivity index (χ0n) is 8.59. The maximum absolute atomic E-state index is 9.12. The average Bonchev–Trinajstić information content (AvgIpc) is 2.11. The SMILES string of the molecule is Cc1cccc(CC2(C#N)CCC2)c1. The van der Waals surface area contributed by atoms with Gasteiger partial charge < -0.3 is 0 Å². The lowest BCUT2D eigenvalue weighted by atomic mass is 9.66. The van der Waals surface area contributed by atoms with Crippen LogP contribution in [-0.4, -0.2) is 0 Å². The fourth-order valence-electron chi connectivity index (χ4n) is 2.14. The Morgan fingerprint density at radius 2 is 2.21 bits per heavy atom. The first-order valence-corrected chi connectivity index (χ1v) is 5.21. The Bertz CT molecular complexity index is 369. The van der Waals surface area contributed by atoms with Crippen molar-refractivity contribution in [1.82, 2.24) is 0 Å². The molecular formula is C13H15N. The van der Waals surface area contributed by atoms with E-state index >= 15 is 0 Å². The van der Waals surface area contributed by atoms with E-state index in [1.807, 2.05) is 0 Å². The zero-order valence-corrected chi connectivity index (χ0v) is 8.59. The van der Waals surface area contributed by atoms with Gasteiger partial charge in [-0.15, -0.1) is 0 Å².